The lowest BCUT2D eigenvalue weighted by atomic mass is 10.3. The van der Waals surface area contributed by atoms with Gasteiger partial charge in [0.15, 0.2) is 12.3 Å². The van der Waals surface area contributed by atoms with Gasteiger partial charge in [0.05, 0.1) is 0 Å². The molecule has 1 aromatic rings. The Labute approximate surface area is 84.5 Å². The normalized spacial score (nSPS) is 11.1. The summed E-state index contributed by atoms with van der Waals surface area (Å²) in [5.74, 6) is -4.33. The second kappa shape index (κ2) is 4.20. The van der Waals surface area contributed by atoms with Crippen LogP contribution in [0.5, 0.6) is 5.88 Å². The molecule has 0 radical (unpaired) electrons. The molecule has 1 N–H and O–H groups in total. The third kappa shape index (κ3) is 3.88. The molecule has 0 spiro atoms. The van der Waals surface area contributed by atoms with Crippen LogP contribution in [-0.2, 0) is 0 Å². The summed E-state index contributed by atoms with van der Waals surface area (Å²) >= 11 is 0. The third-order valence-corrected chi connectivity index (χ3v) is 1.42. The molecule has 1 aromatic heterocycles. The first-order chi connectivity index (χ1) is 6.88. The van der Waals surface area contributed by atoms with Crippen LogP contribution in [0.4, 0.5) is 8.78 Å². The monoisotopic (exact) mass is 217 g/mol. The number of ether oxygens (including phenoxy) is 1. The van der Waals surface area contributed by atoms with Crippen molar-refractivity contribution < 1.29 is 23.4 Å². The van der Waals surface area contributed by atoms with E-state index in [0.717, 1.165) is 0 Å². The van der Waals surface area contributed by atoms with E-state index in [1.54, 1.807) is 0 Å². The minimum absolute atomic E-state index is 0.128. The number of carboxylic acids is 1. The van der Waals surface area contributed by atoms with Crippen LogP contribution in [0.1, 0.15) is 17.4 Å². The van der Waals surface area contributed by atoms with E-state index in [4.69, 9.17) is 5.11 Å². The van der Waals surface area contributed by atoms with E-state index in [2.05, 4.69) is 9.72 Å². The lowest BCUT2D eigenvalue weighted by molar-refractivity contribution is -0.0242. The van der Waals surface area contributed by atoms with Gasteiger partial charge in [-0.2, -0.15) is 0 Å². The predicted octanol–water partition coefficient (Wildman–Crippen LogP) is 1.81. The van der Waals surface area contributed by atoms with E-state index in [-0.39, 0.29) is 11.6 Å². The van der Waals surface area contributed by atoms with Gasteiger partial charge in [-0.1, -0.05) is 6.07 Å². The number of aromatic carboxylic acids is 1. The summed E-state index contributed by atoms with van der Waals surface area (Å²) in [5.41, 5.74) is -0.244. The Kier molecular flexibility index (Phi) is 3.18. The molecule has 1 heterocycles. The van der Waals surface area contributed by atoms with Gasteiger partial charge in [0.25, 0.3) is 5.92 Å². The van der Waals surface area contributed by atoms with Gasteiger partial charge in [0, 0.05) is 13.0 Å². The number of hydrogen-bond donors (Lipinski definition) is 1. The van der Waals surface area contributed by atoms with Gasteiger partial charge in [0.2, 0.25) is 5.88 Å². The maximum absolute atomic E-state index is 12.4. The van der Waals surface area contributed by atoms with Crippen molar-refractivity contribution in [3.63, 3.8) is 0 Å². The molecule has 0 saturated heterocycles. The molecule has 0 unspecified atom stereocenters. The Bertz CT molecular complexity index is 363. The summed E-state index contributed by atoms with van der Waals surface area (Å²) in [6, 6.07) is 3.94. The van der Waals surface area contributed by atoms with Crippen molar-refractivity contribution in [3.8, 4) is 5.88 Å². The summed E-state index contributed by atoms with van der Waals surface area (Å²) in [5, 5.41) is 8.57. The molecule has 1 rings (SSSR count). The Morgan fingerprint density at radius 2 is 2.27 bits per heavy atom. The van der Waals surface area contributed by atoms with Crippen LogP contribution in [0, 0.1) is 0 Å². The van der Waals surface area contributed by atoms with Crippen LogP contribution < -0.4 is 4.74 Å². The molecule has 6 heteroatoms. The number of rotatable bonds is 4. The van der Waals surface area contributed by atoms with Gasteiger partial charge >= 0.3 is 5.97 Å². The Hall–Kier alpha value is -1.72. The molecule has 0 amide bonds. The van der Waals surface area contributed by atoms with E-state index in [9.17, 15) is 13.6 Å². The smallest absolute Gasteiger partial charge is 0.354 e. The van der Waals surface area contributed by atoms with Crippen molar-refractivity contribution in [2.45, 2.75) is 12.8 Å². The number of aromatic nitrogens is 1. The molecule has 0 aliphatic rings. The summed E-state index contributed by atoms with van der Waals surface area (Å²) in [7, 11) is 0. The molecule has 0 atom stereocenters. The van der Waals surface area contributed by atoms with E-state index < -0.39 is 18.5 Å². The van der Waals surface area contributed by atoms with E-state index in [1.807, 2.05) is 0 Å². The lowest BCUT2D eigenvalue weighted by Crippen LogP contribution is -2.21. The number of nitrogens with zero attached hydrogens (tertiary/aromatic N) is 1. The van der Waals surface area contributed by atoms with Gasteiger partial charge < -0.3 is 9.84 Å². The van der Waals surface area contributed by atoms with Crippen LogP contribution >= 0.6 is 0 Å². The number of halogens is 2. The molecular weight excluding hydrogens is 208 g/mol. The number of carbonyl (C=O) groups is 1. The third-order valence-electron chi connectivity index (χ3n) is 1.42. The van der Waals surface area contributed by atoms with Crippen LogP contribution in [0.15, 0.2) is 18.2 Å². The molecule has 0 fully saturated rings. The first kappa shape index (κ1) is 11.4. The second-order valence-corrected chi connectivity index (χ2v) is 3.03. The SMILES string of the molecule is CC(F)(F)COc1cccc(C(=O)O)n1. The van der Waals surface area contributed by atoms with E-state index in [1.165, 1.54) is 18.2 Å². The first-order valence-corrected chi connectivity index (χ1v) is 4.09. The molecule has 82 valence electrons. The average Bonchev–Trinajstić information content (AvgIpc) is 2.14. The summed E-state index contributed by atoms with van der Waals surface area (Å²) in [4.78, 5) is 14.0. The lowest BCUT2D eigenvalue weighted by Gasteiger charge is -2.11. The van der Waals surface area contributed by atoms with E-state index in [0.29, 0.717) is 6.92 Å². The van der Waals surface area contributed by atoms with Gasteiger partial charge in [-0.3, -0.25) is 0 Å². The fraction of sp³-hybridized carbons (Fsp3) is 0.333. The minimum Gasteiger partial charge on any atom is -0.477 e. The summed E-state index contributed by atoms with van der Waals surface area (Å²) < 4.78 is 29.4. The molecule has 0 aromatic carbocycles. The van der Waals surface area contributed by atoms with Crippen LogP contribution in [0.3, 0.4) is 0 Å². The standard InChI is InChI=1S/C9H9F2NO3/c1-9(10,11)5-15-7-4-2-3-6(12-7)8(13)14/h2-4H,5H2,1H3,(H,13,14). The molecule has 15 heavy (non-hydrogen) atoms. The van der Waals surface area contributed by atoms with Gasteiger partial charge in [-0.15, -0.1) is 0 Å². The van der Waals surface area contributed by atoms with Crippen molar-refractivity contribution in [1.82, 2.24) is 4.98 Å². The van der Waals surface area contributed by atoms with Crippen molar-refractivity contribution in [2.24, 2.45) is 0 Å². The van der Waals surface area contributed by atoms with Crippen molar-refractivity contribution in [1.29, 1.82) is 0 Å². The van der Waals surface area contributed by atoms with Crippen LogP contribution in [-0.4, -0.2) is 28.6 Å². The second-order valence-electron chi connectivity index (χ2n) is 3.03. The van der Waals surface area contributed by atoms with Gasteiger partial charge in [-0.05, 0) is 6.07 Å². The first-order valence-electron chi connectivity index (χ1n) is 4.09. The minimum atomic E-state index is -2.97. The summed E-state index contributed by atoms with van der Waals surface area (Å²) in [6.07, 6.45) is 0. The quantitative estimate of drug-likeness (QED) is 0.835. The number of hydrogen-bond acceptors (Lipinski definition) is 3. The highest BCUT2D eigenvalue weighted by Crippen LogP contribution is 2.14. The molecule has 0 aliphatic heterocycles. The zero-order valence-electron chi connectivity index (χ0n) is 7.91. The number of alkyl halides is 2. The highest BCUT2D eigenvalue weighted by Gasteiger charge is 2.22. The van der Waals surface area contributed by atoms with Crippen molar-refractivity contribution in [3.05, 3.63) is 23.9 Å². The fourth-order valence-electron chi connectivity index (χ4n) is 0.815. The summed E-state index contributed by atoms with van der Waals surface area (Å²) in [6.45, 7) is -0.128. The zero-order chi connectivity index (χ0) is 11.5. The average molecular weight is 217 g/mol. The maximum atomic E-state index is 12.4. The predicted molar refractivity (Wildman–Crippen MR) is 47.3 cm³/mol. The number of pyridine rings is 1. The molecule has 0 aliphatic carbocycles. The molecular formula is C9H9F2NO3. The van der Waals surface area contributed by atoms with Crippen LogP contribution in [0.25, 0.3) is 0 Å². The topological polar surface area (TPSA) is 59.4 Å². The molecule has 0 bridgehead atoms. The fourth-order valence-corrected chi connectivity index (χ4v) is 0.815. The highest BCUT2D eigenvalue weighted by molar-refractivity contribution is 5.85. The van der Waals surface area contributed by atoms with E-state index >= 15 is 0 Å². The van der Waals surface area contributed by atoms with Crippen molar-refractivity contribution in [2.75, 3.05) is 6.61 Å². The van der Waals surface area contributed by atoms with Gasteiger partial charge in [0.1, 0.15) is 0 Å². The number of carboxylic acid groups (broad SMARTS) is 1. The Morgan fingerprint density at radius 1 is 1.60 bits per heavy atom. The van der Waals surface area contributed by atoms with Crippen molar-refractivity contribution >= 4 is 5.97 Å². The highest BCUT2D eigenvalue weighted by atomic mass is 19.3. The molecule has 4 nitrogen and oxygen atoms in total. The largest absolute Gasteiger partial charge is 0.477 e. The Morgan fingerprint density at radius 3 is 2.80 bits per heavy atom. The Balaban J connectivity index is 2.70. The molecule has 0 saturated carbocycles. The van der Waals surface area contributed by atoms with Crippen LogP contribution in [0.2, 0.25) is 0 Å². The van der Waals surface area contributed by atoms with Gasteiger partial charge in [-0.25, -0.2) is 18.6 Å². The maximum Gasteiger partial charge on any atom is 0.354 e. The zero-order valence-corrected chi connectivity index (χ0v) is 7.91.